The molecular formula is C14H24N2O3. The van der Waals surface area contributed by atoms with Crippen LogP contribution >= 0.6 is 0 Å². The van der Waals surface area contributed by atoms with Crippen LogP contribution in [0.4, 0.5) is 0 Å². The fourth-order valence-corrected chi connectivity index (χ4v) is 2.00. The largest absolute Gasteiger partial charge is 0.466 e. The summed E-state index contributed by atoms with van der Waals surface area (Å²) >= 11 is 0. The summed E-state index contributed by atoms with van der Waals surface area (Å²) < 4.78 is 6.80. The van der Waals surface area contributed by atoms with Gasteiger partial charge >= 0.3 is 5.97 Å². The molecule has 0 radical (unpaired) electrons. The third-order valence-electron chi connectivity index (χ3n) is 3.11. The first-order valence-electron chi connectivity index (χ1n) is 6.77. The molecule has 5 heteroatoms. The van der Waals surface area contributed by atoms with Gasteiger partial charge in [-0.05, 0) is 26.7 Å². The van der Waals surface area contributed by atoms with Crippen molar-refractivity contribution in [2.24, 2.45) is 11.8 Å². The fourth-order valence-electron chi connectivity index (χ4n) is 2.00. The number of carbonyl (C=O) groups excluding carboxylic acids is 1. The van der Waals surface area contributed by atoms with Gasteiger partial charge in [0.25, 0.3) is 0 Å². The van der Waals surface area contributed by atoms with Gasteiger partial charge in [-0.15, -0.1) is 0 Å². The van der Waals surface area contributed by atoms with Gasteiger partial charge in [0.05, 0.1) is 24.8 Å². The molecule has 0 aliphatic carbocycles. The Labute approximate surface area is 114 Å². The molecular weight excluding hydrogens is 244 g/mol. The number of aliphatic hydroxyl groups excluding tert-OH is 1. The van der Waals surface area contributed by atoms with E-state index in [2.05, 4.69) is 5.10 Å². The van der Waals surface area contributed by atoms with Crippen molar-refractivity contribution in [2.75, 3.05) is 6.61 Å². The molecule has 1 aromatic rings. The maximum absolute atomic E-state index is 11.9. The summed E-state index contributed by atoms with van der Waals surface area (Å²) in [7, 11) is 0. The average molecular weight is 268 g/mol. The highest BCUT2D eigenvalue weighted by molar-refractivity contribution is 5.73. The number of aromatic nitrogens is 2. The third-order valence-corrected chi connectivity index (χ3v) is 3.11. The first-order chi connectivity index (χ1) is 8.88. The van der Waals surface area contributed by atoms with Gasteiger partial charge < -0.3 is 9.84 Å². The van der Waals surface area contributed by atoms with Gasteiger partial charge in [-0.3, -0.25) is 9.48 Å². The molecule has 5 nitrogen and oxygen atoms in total. The van der Waals surface area contributed by atoms with E-state index in [0.29, 0.717) is 12.2 Å². The van der Waals surface area contributed by atoms with Gasteiger partial charge in [-0.25, -0.2) is 0 Å². The van der Waals surface area contributed by atoms with Crippen LogP contribution in [0, 0.1) is 11.8 Å². The zero-order valence-corrected chi connectivity index (χ0v) is 12.3. The quantitative estimate of drug-likeness (QED) is 0.804. The topological polar surface area (TPSA) is 64.3 Å². The molecule has 1 N–H and O–H groups in total. The first kappa shape index (κ1) is 15.7. The monoisotopic (exact) mass is 268 g/mol. The Bertz CT molecular complexity index is 413. The van der Waals surface area contributed by atoms with Crippen LogP contribution in [-0.4, -0.2) is 27.5 Å². The number of hydrogen-bond donors (Lipinski definition) is 1. The Morgan fingerprint density at radius 1 is 1.42 bits per heavy atom. The molecule has 19 heavy (non-hydrogen) atoms. The summed E-state index contributed by atoms with van der Waals surface area (Å²) in [6, 6.07) is 0.223. The van der Waals surface area contributed by atoms with Crippen LogP contribution in [0.15, 0.2) is 12.4 Å². The number of rotatable bonds is 6. The van der Waals surface area contributed by atoms with E-state index in [4.69, 9.17) is 4.74 Å². The zero-order chi connectivity index (χ0) is 14.6. The van der Waals surface area contributed by atoms with E-state index < -0.39 is 12.0 Å². The zero-order valence-electron chi connectivity index (χ0n) is 12.3. The Kier molecular flexibility index (Phi) is 5.54. The normalized spacial score (nSPS) is 14.7. The average Bonchev–Trinajstić information content (AvgIpc) is 2.78. The number of carbonyl (C=O) groups is 1. The summed E-state index contributed by atoms with van der Waals surface area (Å²) in [6.45, 7) is 9.90. The van der Waals surface area contributed by atoms with E-state index in [1.165, 1.54) is 0 Å². The third kappa shape index (κ3) is 3.80. The minimum Gasteiger partial charge on any atom is -0.466 e. The Morgan fingerprint density at radius 3 is 2.47 bits per heavy atom. The summed E-state index contributed by atoms with van der Waals surface area (Å²) in [4.78, 5) is 11.9. The van der Waals surface area contributed by atoms with Gasteiger partial charge in [0.2, 0.25) is 0 Å². The summed E-state index contributed by atoms with van der Waals surface area (Å²) in [5.74, 6) is -0.927. The number of ether oxygens (including phenoxy) is 1. The van der Waals surface area contributed by atoms with Crippen LogP contribution in [0.25, 0.3) is 0 Å². The van der Waals surface area contributed by atoms with E-state index in [-0.39, 0.29) is 17.9 Å². The maximum atomic E-state index is 11.9. The van der Waals surface area contributed by atoms with Crippen molar-refractivity contribution in [1.29, 1.82) is 0 Å². The van der Waals surface area contributed by atoms with Crippen LogP contribution in [0.5, 0.6) is 0 Å². The lowest BCUT2D eigenvalue weighted by atomic mass is 9.87. The molecule has 0 aromatic carbocycles. The first-order valence-corrected chi connectivity index (χ1v) is 6.77. The van der Waals surface area contributed by atoms with Gasteiger partial charge in [0.1, 0.15) is 0 Å². The molecule has 1 rings (SSSR count). The molecule has 0 aliphatic rings. The number of nitrogens with zero attached hydrogens (tertiary/aromatic N) is 2. The van der Waals surface area contributed by atoms with E-state index in [9.17, 15) is 9.90 Å². The van der Waals surface area contributed by atoms with E-state index >= 15 is 0 Å². The number of esters is 1. The number of aliphatic hydroxyl groups is 1. The number of hydrogen-bond acceptors (Lipinski definition) is 4. The summed E-state index contributed by atoms with van der Waals surface area (Å²) in [5.41, 5.74) is 0.653. The molecule has 0 saturated heterocycles. The molecule has 1 heterocycles. The van der Waals surface area contributed by atoms with Crippen LogP contribution in [-0.2, 0) is 9.53 Å². The molecule has 2 unspecified atom stereocenters. The van der Waals surface area contributed by atoms with Crippen molar-refractivity contribution in [3.05, 3.63) is 18.0 Å². The van der Waals surface area contributed by atoms with Crippen LogP contribution in [0.3, 0.4) is 0 Å². The molecule has 0 spiro atoms. The highest BCUT2D eigenvalue weighted by Gasteiger charge is 2.33. The van der Waals surface area contributed by atoms with Crippen molar-refractivity contribution < 1.29 is 14.6 Å². The Hall–Kier alpha value is -1.36. The lowest BCUT2D eigenvalue weighted by Crippen LogP contribution is -2.29. The lowest BCUT2D eigenvalue weighted by Gasteiger charge is -2.23. The lowest BCUT2D eigenvalue weighted by molar-refractivity contribution is -0.154. The van der Waals surface area contributed by atoms with Crippen molar-refractivity contribution in [2.45, 2.75) is 46.8 Å². The smallest absolute Gasteiger partial charge is 0.312 e. The molecule has 0 bridgehead atoms. The van der Waals surface area contributed by atoms with Crippen LogP contribution in [0.2, 0.25) is 0 Å². The molecule has 108 valence electrons. The standard InChI is InChI=1S/C14H24N2O3/c1-6-19-14(18)12(9(2)3)13(17)11-7-15-16(8-11)10(4)5/h7-10,12-13,17H,6H2,1-5H3. The van der Waals surface area contributed by atoms with E-state index in [1.54, 1.807) is 24.0 Å². The predicted octanol–water partition coefficient (Wildman–Crippen LogP) is 2.33. The highest BCUT2D eigenvalue weighted by atomic mass is 16.5. The van der Waals surface area contributed by atoms with Gasteiger partial charge in [-0.2, -0.15) is 5.10 Å². The summed E-state index contributed by atoms with van der Waals surface area (Å²) in [6.07, 6.45) is 2.51. The minimum absolute atomic E-state index is 0.00329. The second-order valence-electron chi connectivity index (χ2n) is 5.31. The van der Waals surface area contributed by atoms with Crippen LogP contribution in [0.1, 0.15) is 52.3 Å². The van der Waals surface area contributed by atoms with Crippen molar-refractivity contribution >= 4 is 5.97 Å². The van der Waals surface area contributed by atoms with Crippen molar-refractivity contribution in [1.82, 2.24) is 9.78 Å². The molecule has 1 aromatic heterocycles. The fraction of sp³-hybridized carbons (Fsp3) is 0.714. The van der Waals surface area contributed by atoms with Gasteiger partial charge in [-0.1, -0.05) is 13.8 Å². The highest BCUT2D eigenvalue weighted by Crippen LogP contribution is 2.29. The molecule has 0 fully saturated rings. The maximum Gasteiger partial charge on any atom is 0.312 e. The second-order valence-corrected chi connectivity index (χ2v) is 5.31. The second kappa shape index (κ2) is 6.70. The minimum atomic E-state index is -0.883. The van der Waals surface area contributed by atoms with E-state index in [1.807, 2.05) is 27.7 Å². The van der Waals surface area contributed by atoms with Crippen molar-refractivity contribution in [3.8, 4) is 0 Å². The van der Waals surface area contributed by atoms with Gasteiger partial charge in [0.15, 0.2) is 0 Å². The van der Waals surface area contributed by atoms with Gasteiger partial charge in [0, 0.05) is 17.8 Å². The van der Waals surface area contributed by atoms with Crippen LogP contribution < -0.4 is 0 Å². The predicted molar refractivity (Wildman–Crippen MR) is 72.5 cm³/mol. The van der Waals surface area contributed by atoms with Crippen molar-refractivity contribution in [3.63, 3.8) is 0 Å². The van der Waals surface area contributed by atoms with E-state index in [0.717, 1.165) is 0 Å². The Morgan fingerprint density at radius 2 is 2.05 bits per heavy atom. The molecule has 2 atom stereocenters. The summed E-state index contributed by atoms with van der Waals surface area (Å²) in [5, 5.41) is 14.6. The Balaban J connectivity index is 2.92. The molecule has 0 saturated carbocycles. The SMILES string of the molecule is CCOC(=O)C(C(C)C)C(O)c1cnn(C(C)C)c1. The molecule has 0 amide bonds. The molecule has 0 aliphatic heterocycles.